The van der Waals surface area contributed by atoms with Gasteiger partial charge in [-0.15, -0.1) is 0 Å². The van der Waals surface area contributed by atoms with E-state index in [1.807, 2.05) is 17.9 Å². The number of aryl methyl sites for hydroxylation is 1. The third kappa shape index (κ3) is 2.84. The molecule has 0 unspecified atom stereocenters. The van der Waals surface area contributed by atoms with Crippen LogP contribution in [-0.2, 0) is 4.79 Å². The molecule has 0 aromatic heterocycles. The van der Waals surface area contributed by atoms with E-state index in [-0.39, 0.29) is 10.6 Å². The number of carboxylic acids is 1. The van der Waals surface area contributed by atoms with Crippen molar-refractivity contribution in [2.24, 2.45) is 5.41 Å². The number of hydrogen-bond acceptors (Lipinski definition) is 4. The molecule has 1 aliphatic rings. The summed E-state index contributed by atoms with van der Waals surface area (Å²) in [5.41, 5.74) is 0.891. The molecule has 0 radical (unpaired) electrons. The van der Waals surface area contributed by atoms with Crippen LogP contribution in [0.25, 0.3) is 0 Å². The Labute approximate surface area is 123 Å². The number of anilines is 1. The molecule has 0 amide bonds. The zero-order chi connectivity index (χ0) is 15.6. The zero-order valence-electron chi connectivity index (χ0n) is 12.3. The summed E-state index contributed by atoms with van der Waals surface area (Å²) in [6.07, 6.45) is 1.76. The molecule has 0 atom stereocenters. The first-order valence-corrected chi connectivity index (χ1v) is 7.13. The maximum atomic E-state index is 11.4. The lowest BCUT2D eigenvalue weighted by atomic mass is 9.76. The van der Waals surface area contributed by atoms with Crippen molar-refractivity contribution in [2.75, 3.05) is 18.0 Å². The van der Waals surface area contributed by atoms with Crippen molar-refractivity contribution >= 4 is 17.3 Å². The summed E-state index contributed by atoms with van der Waals surface area (Å²) in [6, 6.07) is 5.18. The Morgan fingerprint density at radius 3 is 2.52 bits per heavy atom. The van der Waals surface area contributed by atoms with E-state index >= 15 is 0 Å². The molecule has 1 fully saturated rings. The fourth-order valence-electron chi connectivity index (χ4n) is 2.90. The molecule has 6 heteroatoms. The number of rotatable bonds is 4. The third-order valence-corrected chi connectivity index (χ3v) is 4.61. The molecule has 0 aliphatic carbocycles. The minimum Gasteiger partial charge on any atom is -0.481 e. The Kier molecular flexibility index (Phi) is 4.16. The van der Waals surface area contributed by atoms with Crippen molar-refractivity contribution in [1.82, 2.24) is 0 Å². The number of nitro groups is 1. The molecule has 6 nitrogen and oxygen atoms in total. The van der Waals surface area contributed by atoms with Crippen LogP contribution in [-0.4, -0.2) is 29.1 Å². The number of hydrogen-bond donors (Lipinski definition) is 1. The molecule has 0 saturated carbocycles. The maximum absolute atomic E-state index is 11.4. The molecule has 0 spiro atoms. The van der Waals surface area contributed by atoms with Crippen molar-refractivity contribution in [3.05, 3.63) is 33.9 Å². The number of carbonyl (C=O) groups is 1. The molecule has 114 valence electrons. The molecule has 1 aliphatic heterocycles. The van der Waals surface area contributed by atoms with Crippen LogP contribution in [0.15, 0.2) is 18.2 Å². The van der Waals surface area contributed by atoms with Gasteiger partial charge in [-0.25, -0.2) is 0 Å². The van der Waals surface area contributed by atoms with Gasteiger partial charge in [-0.05, 0) is 32.3 Å². The van der Waals surface area contributed by atoms with Crippen LogP contribution in [0.3, 0.4) is 0 Å². The fourth-order valence-corrected chi connectivity index (χ4v) is 2.90. The molecule has 21 heavy (non-hydrogen) atoms. The van der Waals surface area contributed by atoms with E-state index in [9.17, 15) is 20.0 Å². The summed E-state index contributed by atoms with van der Waals surface area (Å²) in [4.78, 5) is 24.1. The summed E-state index contributed by atoms with van der Waals surface area (Å²) in [7, 11) is 0. The monoisotopic (exact) mass is 292 g/mol. The predicted molar refractivity (Wildman–Crippen MR) is 79.6 cm³/mol. The minimum absolute atomic E-state index is 0.109. The Bertz CT molecular complexity index is 563. The third-order valence-electron chi connectivity index (χ3n) is 4.61. The molecule has 1 heterocycles. The van der Waals surface area contributed by atoms with Crippen LogP contribution >= 0.6 is 0 Å². The number of aliphatic carboxylic acids is 1. The predicted octanol–water partition coefficient (Wildman–Crippen LogP) is 2.98. The van der Waals surface area contributed by atoms with Crippen molar-refractivity contribution < 1.29 is 14.8 Å². The first-order valence-electron chi connectivity index (χ1n) is 7.13. The lowest BCUT2D eigenvalue weighted by molar-refractivity contribution is -0.385. The topological polar surface area (TPSA) is 83.7 Å². The maximum Gasteiger partial charge on any atom is 0.309 e. The summed E-state index contributed by atoms with van der Waals surface area (Å²) < 4.78 is 0. The second-order valence-corrected chi connectivity index (χ2v) is 5.65. The Hall–Kier alpha value is -2.11. The Morgan fingerprint density at radius 2 is 2.05 bits per heavy atom. The van der Waals surface area contributed by atoms with Gasteiger partial charge in [0.05, 0.1) is 10.3 Å². The van der Waals surface area contributed by atoms with Crippen LogP contribution < -0.4 is 4.90 Å². The molecule has 1 saturated heterocycles. The van der Waals surface area contributed by atoms with Gasteiger partial charge in [0.25, 0.3) is 5.69 Å². The van der Waals surface area contributed by atoms with Crippen molar-refractivity contribution in [1.29, 1.82) is 0 Å². The van der Waals surface area contributed by atoms with Crippen molar-refractivity contribution in [3.63, 3.8) is 0 Å². The second kappa shape index (κ2) is 5.71. The highest BCUT2D eigenvalue weighted by Gasteiger charge is 2.40. The van der Waals surface area contributed by atoms with E-state index < -0.39 is 11.4 Å². The standard InChI is InChI=1S/C15H20N2O4/c1-3-15(14(18)19)6-8-16(9-7-15)12-5-4-11(2)13(10-12)17(20)21/h4-5,10H,3,6-9H2,1-2H3,(H,18,19). The highest BCUT2D eigenvalue weighted by atomic mass is 16.6. The van der Waals surface area contributed by atoms with E-state index in [1.54, 1.807) is 19.1 Å². The van der Waals surface area contributed by atoms with Crippen LogP contribution in [0.4, 0.5) is 11.4 Å². The molecular weight excluding hydrogens is 272 g/mol. The van der Waals surface area contributed by atoms with Crippen molar-refractivity contribution in [2.45, 2.75) is 33.1 Å². The van der Waals surface area contributed by atoms with Gasteiger partial charge < -0.3 is 10.0 Å². The largest absolute Gasteiger partial charge is 0.481 e. The van der Waals surface area contributed by atoms with Gasteiger partial charge in [0.1, 0.15) is 0 Å². The van der Waals surface area contributed by atoms with E-state index in [0.717, 1.165) is 5.69 Å². The van der Waals surface area contributed by atoms with E-state index in [4.69, 9.17) is 0 Å². The number of carboxylic acid groups (broad SMARTS) is 1. The molecule has 1 aromatic carbocycles. The highest BCUT2D eigenvalue weighted by molar-refractivity contribution is 5.75. The van der Waals surface area contributed by atoms with Crippen LogP contribution in [0.2, 0.25) is 0 Å². The van der Waals surface area contributed by atoms with Gasteiger partial charge in [-0.1, -0.05) is 13.0 Å². The number of piperidine rings is 1. The van der Waals surface area contributed by atoms with Crippen LogP contribution in [0, 0.1) is 22.5 Å². The van der Waals surface area contributed by atoms with Gasteiger partial charge in [0, 0.05) is 30.4 Å². The van der Waals surface area contributed by atoms with Gasteiger partial charge in [-0.3, -0.25) is 14.9 Å². The average molecular weight is 292 g/mol. The smallest absolute Gasteiger partial charge is 0.309 e. The van der Waals surface area contributed by atoms with Crippen LogP contribution in [0.1, 0.15) is 31.7 Å². The summed E-state index contributed by atoms with van der Waals surface area (Å²) in [5.74, 6) is -0.737. The molecular formula is C15H20N2O4. The zero-order valence-corrected chi connectivity index (χ0v) is 12.3. The molecule has 1 aromatic rings. The number of benzene rings is 1. The second-order valence-electron chi connectivity index (χ2n) is 5.65. The van der Waals surface area contributed by atoms with E-state index in [0.29, 0.717) is 37.9 Å². The minimum atomic E-state index is -0.737. The quantitative estimate of drug-likeness (QED) is 0.681. The van der Waals surface area contributed by atoms with Gasteiger partial charge in [0.15, 0.2) is 0 Å². The van der Waals surface area contributed by atoms with E-state index in [2.05, 4.69) is 0 Å². The SMILES string of the molecule is CCC1(C(=O)O)CCN(c2ccc(C)c([N+](=O)[O-])c2)CC1. The normalized spacial score (nSPS) is 17.5. The highest BCUT2D eigenvalue weighted by Crippen LogP contribution is 2.37. The lowest BCUT2D eigenvalue weighted by Crippen LogP contribution is -2.44. The summed E-state index contributed by atoms with van der Waals surface area (Å²) in [5, 5.41) is 20.4. The molecule has 2 rings (SSSR count). The Balaban J connectivity index is 2.18. The average Bonchev–Trinajstić information content (AvgIpc) is 2.47. The number of nitro benzene ring substituents is 1. The summed E-state index contributed by atoms with van der Waals surface area (Å²) in [6.45, 7) is 4.84. The molecule has 0 bridgehead atoms. The summed E-state index contributed by atoms with van der Waals surface area (Å²) >= 11 is 0. The van der Waals surface area contributed by atoms with Gasteiger partial charge in [-0.2, -0.15) is 0 Å². The Morgan fingerprint density at radius 1 is 1.43 bits per heavy atom. The van der Waals surface area contributed by atoms with E-state index in [1.165, 1.54) is 0 Å². The first kappa shape index (κ1) is 15.3. The van der Waals surface area contributed by atoms with Crippen molar-refractivity contribution in [3.8, 4) is 0 Å². The fraction of sp³-hybridized carbons (Fsp3) is 0.533. The van der Waals surface area contributed by atoms with Gasteiger partial charge >= 0.3 is 5.97 Å². The molecule has 1 N–H and O–H groups in total. The van der Waals surface area contributed by atoms with Crippen LogP contribution in [0.5, 0.6) is 0 Å². The number of nitrogens with zero attached hydrogens (tertiary/aromatic N) is 2. The lowest BCUT2D eigenvalue weighted by Gasteiger charge is -2.39. The first-order chi connectivity index (χ1) is 9.89. The van der Waals surface area contributed by atoms with Gasteiger partial charge in [0.2, 0.25) is 0 Å².